The Morgan fingerprint density at radius 1 is 1.16 bits per heavy atom. The number of carbonyl (C=O) groups is 2. The van der Waals surface area contributed by atoms with Gasteiger partial charge in [-0.05, 0) is 48.7 Å². The van der Waals surface area contributed by atoms with Crippen molar-refractivity contribution in [2.24, 2.45) is 0 Å². The van der Waals surface area contributed by atoms with Gasteiger partial charge < -0.3 is 24.7 Å². The maximum absolute atomic E-state index is 13.7. The molecule has 1 fully saturated rings. The Labute approximate surface area is 185 Å². The van der Waals surface area contributed by atoms with Crippen molar-refractivity contribution in [3.63, 3.8) is 0 Å². The number of anilines is 1. The average molecular weight is 440 g/mol. The number of aryl methyl sites for hydroxylation is 1. The van der Waals surface area contributed by atoms with Gasteiger partial charge in [-0.3, -0.25) is 9.59 Å². The molecule has 0 aliphatic carbocycles. The summed E-state index contributed by atoms with van der Waals surface area (Å²) in [6.07, 6.45) is 3.84. The molecule has 1 saturated heterocycles. The molecule has 0 aromatic heterocycles. The first-order valence-corrected chi connectivity index (χ1v) is 10.2. The van der Waals surface area contributed by atoms with Crippen LogP contribution in [0.3, 0.4) is 0 Å². The predicted octanol–water partition coefficient (Wildman–Crippen LogP) is 2.72. The standard InChI is InChI=1S/C23H25FN4O4/c1-14-4-6-16(11-17(14)24)25-22(29)13-27-8-9-28-19(23(27)30)12-18(26-28)15-5-7-20(31-2)21(10-15)32-3/h4-11,18-19,26H,12-13H2,1-3H3,(H,25,29). The van der Waals surface area contributed by atoms with Crippen molar-refractivity contribution >= 4 is 17.5 Å². The molecule has 2 amide bonds. The Bertz CT molecular complexity index is 1070. The number of hydrazine groups is 1. The van der Waals surface area contributed by atoms with Gasteiger partial charge in [-0.2, -0.15) is 0 Å². The van der Waals surface area contributed by atoms with Gasteiger partial charge in [-0.1, -0.05) is 12.1 Å². The van der Waals surface area contributed by atoms with Crippen LogP contribution in [0.4, 0.5) is 10.1 Å². The smallest absolute Gasteiger partial charge is 0.251 e. The minimum Gasteiger partial charge on any atom is -0.493 e. The highest BCUT2D eigenvalue weighted by molar-refractivity contribution is 5.96. The van der Waals surface area contributed by atoms with E-state index in [0.717, 1.165) is 5.56 Å². The number of ether oxygens (including phenoxy) is 2. The zero-order chi connectivity index (χ0) is 22.8. The second-order valence-electron chi connectivity index (χ2n) is 7.73. The second kappa shape index (κ2) is 8.88. The number of halogens is 1. The lowest BCUT2D eigenvalue weighted by atomic mass is 10.0. The molecule has 2 atom stereocenters. The summed E-state index contributed by atoms with van der Waals surface area (Å²) in [4.78, 5) is 26.8. The van der Waals surface area contributed by atoms with E-state index < -0.39 is 17.8 Å². The zero-order valence-electron chi connectivity index (χ0n) is 18.1. The quantitative estimate of drug-likeness (QED) is 0.719. The van der Waals surface area contributed by atoms with Crippen molar-refractivity contribution in [1.29, 1.82) is 0 Å². The first-order valence-electron chi connectivity index (χ1n) is 10.2. The molecule has 2 aromatic rings. The monoisotopic (exact) mass is 440 g/mol. The van der Waals surface area contributed by atoms with E-state index in [2.05, 4.69) is 10.7 Å². The molecule has 0 bridgehead atoms. The van der Waals surface area contributed by atoms with Crippen molar-refractivity contribution in [2.75, 3.05) is 26.1 Å². The van der Waals surface area contributed by atoms with Crippen LogP contribution >= 0.6 is 0 Å². The van der Waals surface area contributed by atoms with Crippen LogP contribution in [0.2, 0.25) is 0 Å². The summed E-state index contributed by atoms with van der Waals surface area (Å²) in [5.41, 5.74) is 5.12. The highest BCUT2D eigenvalue weighted by atomic mass is 19.1. The Morgan fingerprint density at radius 2 is 1.94 bits per heavy atom. The van der Waals surface area contributed by atoms with E-state index in [4.69, 9.17) is 9.47 Å². The molecule has 0 saturated carbocycles. The van der Waals surface area contributed by atoms with Crippen LogP contribution in [0.1, 0.15) is 23.6 Å². The number of rotatable bonds is 6. The lowest BCUT2D eigenvalue weighted by molar-refractivity contribution is -0.137. The van der Waals surface area contributed by atoms with Crippen LogP contribution in [0.5, 0.6) is 11.5 Å². The summed E-state index contributed by atoms with van der Waals surface area (Å²) >= 11 is 0. The number of hydrogen-bond donors (Lipinski definition) is 2. The molecule has 0 radical (unpaired) electrons. The number of fused-ring (bicyclic) bond motifs is 1. The highest BCUT2D eigenvalue weighted by Crippen LogP contribution is 2.35. The summed E-state index contributed by atoms with van der Waals surface area (Å²) in [6, 6.07) is 9.58. The van der Waals surface area contributed by atoms with E-state index >= 15 is 0 Å². The molecule has 8 nitrogen and oxygen atoms in total. The molecule has 2 unspecified atom stereocenters. The molecular weight excluding hydrogens is 415 g/mol. The summed E-state index contributed by atoms with van der Waals surface area (Å²) in [5, 5.41) is 4.39. The number of carbonyl (C=O) groups excluding carboxylic acids is 2. The van der Waals surface area contributed by atoms with Gasteiger partial charge in [0.1, 0.15) is 18.4 Å². The minimum atomic E-state index is -0.442. The van der Waals surface area contributed by atoms with E-state index in [0.29, 0.717) is 29.2 Å². The van der Waals surface area contributed by atoms with Crippen LogP contribution in [-0.2, 0) is 9.59 Å². The summed E-state index contributed by atoms with van der Waals surface area (Å²) in [6.45, 7) is 1.49. The van der Waals surface area contributed by atoms with Crippen LogP contribution < -0.4 is 20.2 Å². The maximum atomic E-state index is 13.7. The Kier molecular flexibility index (Phi) is 6.00. The van der Waals surface area contributed by atoms with Gasteiger partial charge in [0.05, 0.1) is 20.3 Å². The fraction of sp³-hybridized carbons (Fsp3) is 0.304. The second-order valence-corrected chi connectivity index (χ2v) is 7.73. The van der Waals surface area contributed by atoms with Crippen molar-refractivity contribution in [1.82, 2.24) is 15.3 Å². The van der Waals surface area contributed by atoms with Gasteiger partial charge in [0.2, 0.25) is 5.91 Å². The van der Waals surface area contributed by atoms with E-state index in [1.165, 1.54) is 11.0 Å². The van der Waals surface area contributed by atoms with Crippen LogP contribution in [0.15, 0.2) is 48.8 Å². The SMILES string of the molecule is COc1ccc(C2CC3C(=O)N(CC(=O)Nc4ccc(C)c(F)c4)C=CN3N2)cc1OC. The molecule has 2 aromatic carbocycles. The number of benzene rings is 2. The van der Waals surface area contributed by atoms with Gasteiger partial charge in [0, 0.05) is 18.1 Å². The molecule has 32 heavy (non-hydrogen) atoms. The third kappa shape index (κ3) is 4.24. The van der Waals surface area contributed by atoms with E-state index in [-0.39, 0.29) is 18.5 Å². The lowest BCUT2D eigenvalue weighted by Crippen LogP contribution is -2.49. The van der Waals surface area contributed by atoms with Crippen molar-refractivity contribution < 1.29 is 23.5 Å². The van der Waals surface area contributed by atoms with Gasteiger partial charge in [0.25, 0.3) is 5.91 Å². The number of methoxy groups -OCH3 is 2. The number of amides is 2. The number of hydrogen-bond acceptors (Lipinski definition) is 6. The predicted molar refractivity (Wildman–Crippen MR) is 116 cm³/mol. The third-order valence-electron chi connectivity index (χ3n) is 5.65. The normalized spacial score (nSPS) is 19.7. The fourth-order valence-electron chi connectivity index (χ4n) is 3.88. The van der Waals surface area contributed by atoms with E-state index in [1.54, 1.807) is 50.7 Å². The van der Waals surface area contributed by atoms with E-state index in [9.17, 15) is 14.0 Å². The molecule has 2 heterocycles. The third-order valence-corrected chi connectivity index (χ3v) is 5.65. The van der Waals surface area contributed by atoms with Crippen LogP contribution in [0, 0.1) is 12.7 Å². The van der Waals surface area contributed by atoms with Gasteiger partial charge in [-0.15, -0.1) is 0 Å². The first kappa shape index (κ1) is 21.6. The van der Waals surface area contributed by atoms with Crippen molar-refractivity contribution in [3.05, 3.63) is 65.7 Å². The molecule has 2 aliphatic heterocycles. The lowest BCUT2D eigenvalue weighted by Gasteiger charge is -2.31. The summed E-state index contributed by atoms with van der Waals surface area (Å²) in [7, 11) is 3.16. The van der Waals surface area contributed by atoms with Crippen LogP contribution in [0.25, 0.3) is 0 Å². The Morgan fingerprint density at radius 3 is 2.66 bits per heavy atom. The topological polar surface area (TPSA) is 83.1 Å². The van der Waals surface area contributed by atoms with Gasteiger partial charge >= 0.3 is 0 Å². The first-order chi connectivity index (χ1) is 15.4. The van der Waals surface area contributed by atoms with Crippen LogP contribution in [-0.4, -0.2) is 48.5 Å². The number of nitrogens with zero attached hydrogens (tertiary/aromatic N) is 2. The molecule has 2 N–H and O–H groups in total. The number of nitrogens with one attached hydrogen (secondary N) is 2. The summed E-state index contributed by atoms with van der Waals surface area (Å²) < 4.78 is 24.4. The van der Waals surface area contributed by atoms with Gasteiger partial charge in [-0.25, -0.2) is 9.82 Å². The molecule has 168 valence electrons. The summed E-state index contributed by atoms with van der Waals surface area (Å²) in [5.74, 6) is 0.263. The fourth-order valence-corrected chi connectivity index (χ4v) is 3.88. The molecule has 9 heteroatoms. The van der Waals surface area contributed by atoms with E-state index in [1.807, 2.05) is 18.2 Å². The maximum Gasteiger partial charge on any atom is 0.251 e. The minimum absolute atomic E-state index is 0.0993. The average Bonchev–Trinajstić information content (AvgIpc) is 3.23. The van der Waals surface area contributed by atoms with Gasteiger partial charge in [0.15, 0.2) is 11.5 Å². The molecule has 4 rings (SSSR count). The van der Waals surface area contributed by atoms with Crippen molar-refractivity contribution in [2.45, 2.75) is 25.4 Å². The molecule has 2 aliphatic rings. The highest BCUT2D eigenvalue weighted by Gasteiger charge is 2.40. The zero-order valence-corrected chi connectivity index (χ0v) is 18.1. The Balaban J connectivity index is 1.41. The largest absolute Gasteiger partial charge is 0.493 e. The molecule has 0 spiro atoms. The van der Waals surface area contributed by atoms with Crippen molar-refractivity contribution in [3.8, 4) is 11.5 Å². The Hall–Kier alpha value is -3.59. The molecular formula is C23H25FN4O4.